The fraction of sp³-hybridized carbons (Fsp3) is 0.476. The van der Waals surface area contributed by atoms with Gasteiger partial charge >= 0.3 is 0 Å². The highest BCUT2D eigenvalue weighted by molar-refractivity contribution is 6.04. The van der Waals surface area contributed by atoms with Crippen molar-refractivity contribution in [1.82, 2.24) is 35.7 Å². The lowest BCUT2D eigenvalue weighted by atomic mass is 9.91. The predicted octanol–water partition coefficient (Wildman–Crippen LogP) is 1.08. The summed E-state index contributed by atoms with van der Waals surface area (Å²) < 4.78 is 5.55. The molecule has 0 radical (unpaired) electrons. The van der Waals surface area contributed by atoms with Gasteiger partial charge in [0, 0.05) is 24.9 Å². The largest absolute Gasteiger partial charge is 0.381 e. The number of pyridine rings is 1. The summed E-state index contributed by atoms with van der Waals surface area (Å²) in [4.78, 5) is 27.9. The van der Waals surface area contributed by atoms with Crippen LogP contribution in [-0.4, -0.2) is 69.0 Å². The van der Waals surface area contributed by atoms with E-state index in [2.05, 4.69) is 35.7 Å². The van der Waals surface area contributed by atoms with Gasteiger partial charge in [-0.15, -0.1) is 0 Å². The van der Waals surface area contributed by atoms with Crippen molar-refractivity contribution >= 4 is 11.6 Å². The Labute approximate surface area is 180 Å². The lowest BCUT2D eigenvalue weighted by Gasteiger charge is -2.42. The Hall–Kier alpha value is -3.27. The number of carbonyl (C=O) groups is 1. The molecule has 5 rings (SSSR count). The molecule has 0 unspecified atom stereocenters. The molecular formula is C21H26N8O2. The first-order chi connectivity index (χ1) is 15.1. The van der Waals surface area contributed by atoms with Crippen LogP contribution in [0, 0.1) is 6.92 Å². The number of ether oxygens (including phenoxy) is 1. The molecule has 0 bridgehead atoms. The zero-order valence-electron chi connectivity index (χ0n) is 17.7. The summed E-state index contributed by atoms with van der Waals surface area (Å²) >= 11 is 0. The third-order valence-corrected chi connectivity index (χ3v) is 6.25. The molecule has 1 amide bonds. The highest BCUT2D eigenvalue weighted by Crippen LogP contribution is 2.30. The third-order valence-electron chi connectivity index (χ3n) is 6.25. The smallest absolute Gasteiger partial charge is 0.244 e. The van der Waals surface area contributed by atoms with Gasteiger partial charge in [0.25, 0.3) is 0 Å². The number of aryl methyl sites for hydroxylation is 1. The lowest BCUT2D eigenvalue weighted by molar-refractivity contribution is -0.120. The van der Waals surface area contributed by atoms with E-state index in [1.54, 1.807) is 7.11 Å². The van der Waals surface area contributed by atoms with Gasteiger partial charge in [0.05, 0.1) is 24.9 Å². The second-order valence-corrected chi connectivity index (χ2v) is 8.17. The van der Waals surface area contributed by atoms with Crippen LogP contribution in [0.25, 0.3) is 11.5 Å². The number of H-pyrrole nitrogens is 1. The van der Waals surface area contributed by atoms with Crippen molar-refractivity contribution in [2.24, 2.45) is 4.99 Å². The number of hydrogen-bond donors (Lipinski definition) is 3. The fourth-order valence-electron chi connectivity index (χ4n) is 4.58. The van der Waals surface area contributed by atoms with Gasteiger partial charge in [-0.1, -0.05) is 0 Å². The van der Waals surface area contributed by atoms with Crippen LogP contribution in [-0.2, 0) is 9.53 Å². The quantitative estimate of drug-likeness (QED) is 0.674. The second-order valence-electron chi connectivity index (χ2n) is 8.17. The number of hydrogen-bond acceptors (Lipinski definition) is 8. The Bertz CT molecular complexity index is 1040. The van der Waals surface area contributed by atoms with E-state index in [9.17, 15) is 4.79 Å². The molecule has 2 aromatic rings. The summed E-state index contributed by atoms with van der Waals surface area (Å²) in [7, 11) is 1.79. The maximum atomic E-state index is 12.0. The van der Waals surface area contributed by atoms with Crippen LogP contribution in [0.2, 0.25) is 0 Å². The average molecular weight is 422 g/mol. The van der Waals surface area contributed by atoms with E-state index in [4.69, 9.17) is 9.73 Å². The summed E-state index contributed by atoms with van der Waals surface area (Å²) in [6.07, 6.45) is 7.78. The molecule has 31 heavy (non-hydrogen) atoms. The number of rotatable bonds is 4. The first-order valence-corrected chi connectivity index (χ1v) is 10.6. The molecule has 0 saturated heterocycles. The molecule has 0 atom stereocenters. The first kappa shape index (κ1) is 19.7. The summed E-state index contributed by atoms with van der Waals surface area (Å²) in [5, 5.41) is 13.0. The van der Waals surface area contributed by atoms with Gasteiger partial charge in [-0.3, -0.25) is 14.9 Å². The van der Waals surface area contributed by atoms with E-state index in [0.29, 0.717) is 30.3 Å². The number of amides is 1. The van der Waals surface area contributed by atoms with Crippen molar-refractivity contribution in [3.05, 3.63) is 41.4 Å². The van der Waals surface area contributed by atoms with Crippen molar-refractivity contribution in [2.75, 3.05) is 20.2 Å². The summed E-state index contributed by atoms with van der Waals surface area (Å²) in [6, 6.07) is 2.35. The van der Waals surface area contributed by atoms with Crippen LogP contribution in [0.3, 0.4) is 0 Å². The monoisotopic (exact) mass is 422 g/mol. The minimum absolute atomic E-state index is 0.0812. The minimum atomic E-state index is -0.0812. The van der Waals surface area contributed by atoms with Gasteiger partial charge in [-0.05, 0) is 44.2 Å². The van der Waals surface area contributed by atoms with Gasteiger partial charge in [-0.25, -0.2) is 9.98 Å². The van der Waals surface area contributed by atoms with E-state index in [0.717, 1.165) is 54.0 Å². The molecule has 2 aromatic heterocycles. The van der Waals surface area contributed by atoms with Gasteiger partial charge in [0.15, 0.2) is 11.6 Å². The summed E-state index contributed by atoms with van der Waals surface area (Å²) in [5.74, 6) is 2.05. The van der Waals surface area contributed by atoms with Crippen LogP contribution >= 0.6 is 0 Å². The molecule has 0 spiro atoms. The molecule has 3 aliphatic rings. The number of aliphatic imine (C=N–C) groups is 1. The number of aromatic amines is 1. The summed E-state index contributed by atoms with van der Waals surface area (Å²) in [5.41, 5.74) is 3.63. The molecule has 4 heterocycles. The van der Waals surface area contributed by atoms with Crippen molar-refractivity contribution in [3.8, 4) is 11.5 Å². The highest BCUT2D eigenvalue weighted by Gasteiger charge is 2.34. The molecule has 10 heteroatoms. The topological polar surface area (TPSA) is 120 Å². The minimum Gasteiger partial charge on any atom is -0.381 e. The summed E-state index contributed by atoms with van der Waals surface area (Å²) in [6.45, 7) is 2.96. The van der Waals surface area contributed by atoms with E-state index < -0.39 is 0 Å². The van der Waals surface area contributed by atoms with Crippen LogP contribution in [0.4, 0.5) is 0 Å². The van der Waals surface area contributed by atoms with E-state index in [1.165, 1.54) is 6.33 Å². The normalized spacial score (nSPS) is 23.7. The first-order valence-electron chi connectivity index (χ1n) is 10.6. The maximum Gasteiger partial charge on any atom is 0.244 e. The van der Waals surface area contributed by atoms with E-state index >= 15 is 0 Å². The Morgan fingerprint density at radius 2 is 2.03 bits per heavy atom. The fourth-order valence-corrected chi connectivity index (χ4v) is 4.58. The van der Waals surface area contributed by atoms with E-state index in [1.807, 2.05) is 19.2 Å². The van der Waals surface area contributed by atoms with Gasteiger partial charge in [0.2, 0.25) is 5.91 Å². The standard InChI is InChI=1S/C21H26N8O2/c1-12-7-16(19-24-11-25-28-19)22-8-15(12)17-10-29(13-3-5-14(31-2)6-4-13)21-20(26-17)27-18(30)9-23-21/h7-8,11,13-14,23H,3-6,9-10H2,1-2H3,(H,27,30)(H,24,25,28). The Morgan fingerprint density at radius 3 is 2.74 bits per heavy atom. The predicted molar refractivity (Wildman–Crippen MR) is 114 cm³/mol. The van der Waals surface area contributed by atoms with Crippen molar-refractivity contribution in [3.63, 3.8) is 0 Å². The number of methoxy groups -OCH3 is 1. The zero-order chi connectivity index (χ0) is 21.4. The van der Waals surface area contributed by atoms with Crippen molar-refractivity contribution in [2.45, 2.75) is 44.8 Å². The molecule has 0 aromatic carbocycles. The Balaban J connectivity index is 1.46. The molecule has 10 nitrogen and oxygen atoms in total. The molecular weight excluding hydrogens is 396 g/mol. The average Bonchev–Trinajstić information content (AvgIpc) is 3.33. The molecule has 2 aliphatic heterocycles. The van der Waals surface area contributed by atoms with Crippen LogP contribution < -0.4 is 10.6 Å². The second kappa shape index (κ2) is 8.10. The molecule has 3 N–H and O–H groups in total. The van der Waals surface area contributed by atoms with Gasteiger partial charge < -0.3 is 20.3 Å². The number of nitrogens with one attached hydrogen (secondary N) is 3. The van der Waals surface area contributed by atoms with Crippen LogP contribution in [0.5, 0.6) is 0 Å². The third kappa shape index (κ3) is 3.78. The highest BCUT2D eigenvalue weighted by atomic mass is 16.5. The van der Waals surface area contributed by atoms with Crippen molar-refractivity contribution in [1.29, 1.82) is 0 Å². The van der Waals surface area contributed by atoms with E-state index in [-0.39, 0.29) is 12.5 Å². The van der Waals surface area contributed by atoms with Gasteiger partial charge in [0.1, 0.15) is 17.8 Å². The maximum absolute atomic E-state index is 12.0. The van der Waals surface area contributed by atoms with Gasteiger partial charge in [-0.2, -0.15) is 5.10 Å². The zero-order valence-corrected chi connectivity index (χ0v) is 17.7. The molecule has 1 fully saturated rings. The molecule has 1 saturated carbocycles. The SMILES string of the molecule is COC1CCC(N2CC(c3cnc(-c4ncn[nH]4)cc3C)=NC3=C2NCC(=O)N3)CC1. The molecule has 162 valence electrons. The number of aromatic nitrogens is 4. The Kier molecular flexibility index (Phi) is 5.14. The lowest BCUT2D eigenvalue weighted by Crippen LogP contribution is -2.53. The van der Waals surface area contributed by atoms with Crippen LogP contribution in [0.15, 0.2) is 35.2 Å². The van der Waals surface area contributed by atoms with Crippen LogP contribution in [0.1, 0.15) is 36.8 Å². The number of carbonyl (C=O) groups excluding carboxylic acids is 1. The van der Waals surface area contributed by atoms with Crippen molar-refractivity contribution < 1.29 is 9.53 Å². The number of nitrogens with zero attached hydrogens (tertiary/aromatic N) is 5. The molecule has 1 aliphatic carbocycles. The Morgan fingerprint density at radius 1 is 1.19 bits per heavy atom.